The molecule has 1 amide bonds. The van der Waals surface area contributed by atoms with Crippen molar-refractivity contribution < 1.29 is 23.5 Å². The zero-order chi connectivity index (χ0) is 22.3. The average Bonchev–Trinajstić information content (AvgIpc) is 2.82. The van der Waals surface area contributed by atoms with Crippen LogP contribution in [0.15, 0.2) is 54.6 Å². The largest absolute Gasteiger partial charge is 0.491 e. The van der Waals surface area contributed by atoms with Gasteiger partial charge in [0.25, 0.3) is 0 Å². The minimum Gasteiger partial charge on any atom is -0.491 e. The highest BCUT2D eigenvalue weighted by atomic mass is 19.1. The monoisotopic (exact) mass is 429 g/mol. The summed E-state index contributed by atoms with van der Waals surface area (Å²) in [4.78, 5) is 28.7. The van der Waals surface area contributed by atoms with Crippen LogP contribution in [0.4, 0.5) is 10.1 Å². The van der Waals surface area contributed by atoms with E-state index in [9.17, 15) is 14.0 Å². The molecule has 31 heavy (non-hydrogen) atoms. The van der Waals surface area contributed by atoms with Crippen LogP contribution < -0.4 is 15.0 Å². The second-order valence-electron chi connectivity index (χ2n) is 7.60. The summed E-state index contributed by atoms with van der Waals surface area (Å²) in [6, 6.07) is 15.7. The quantitative estimate of drug-likeness (QED) is 0.648. The first kappa shape index (κ1) is 22.6. The minimum absolute atomic E-state index is 0.0119. The second-order valence-corrected chi connectivity index (χ2v) is 7.60. The van der Waals surface area contributed by atoms with Gasteiger partial charge in [-0.15, -0.1) is 0 Å². The van der Waals surface area contributed by atoms with Gasteiger partial charge < -0.3 is 19.3 Å². The van der Waals surface area contributed by atoms with Crippen LogP contribution >= 0.6 is 0 Å². The highest BCUT2D eigenvalue weighted by molar-refractivity contribution is 5.83. The molecule has 3 rings (SSSR count). The zero-order valence-corrected chi connectivity index (χ0v) is 17.8. The number of ether oxygens (including phenoxy) is 2. The first-order chi connectivity index (χ1) is 14.9. The van der Waals surface area contributed by atoms with E-state index >= 15 is 0 Å². The molecule has 0 spiro atoms. The van der Waals surface area contributed by atoms with E-state index in [4.69, 9.17) is 9.47 Å². The van der Waals surface area contributed by atoms with Gasteiger partial charge in [0.15, 0.2) is 0 Å². The Bertz CT molecular complexity index is 887. The minimum atomic E-state index is -1.19. The summed E-state index contributed by atoms with van der Waals surface area (Å²) in [5, 5.41) is 3.00. The molecule has 2 aromatic rings. The van der Waals surface area contributed by atoms with Crippen molar-refractivity contribution in [2.45, 2.75) is 12.5 Å². The average molecular weight is 429 g/mol. The van der Waals surface area contributed by atoms with Gasteiger partial charge in [-0.05, 0) is 31.2 Å². The fourth-order valence-corrected chi connectivity index (χ4v) is 3.44. The lowest BCUT2D eigenvalue weighted by Crippen LogP contribution is -2.58. The van der Waals surface area contributed by atoms with Crippen molar-refractivity contribution in [1.82, 2.24) is 10.2 Å². The highest BCUT2D eigenvalue weighted by Crippen LogP contribution is 2.20. The molecule has 7 nitrogen and oxygen atoms in total. The maximum Gasteiger partial charge on any atom is 0.329 e. The van der Waals surface area contributed by atoms with Crippen molar-refractivity contribution in [2.24, 2.45) is 0 Å². The molecule has 0 aromatic heterocycles. The van der Waals surface area contributed by atoms with E-state index in [1.807, 2.05) is 23.1 Å². The van der Waals surface area contributed by atoms with Gasteiger partial charge >= 0.3 is 5.97 Å². The normalized spacial score (nSPS) is 15.8. The molecule has 1 saturated heterocycles. The van der Waals surface area contributed by atoms with Crippen molar-refractivity contribution in [3.8, 4) is 5.75 Å². The molecule has 0 aliphatic carbocycles. The van der Waals surface area contributed by atoms with E-state index in [2.05, 4.69) is 5.32 Å². The SMILES string of the molecule is COC(=O)C(C)(COc1ccccc1)NCC(=O)N1CCN(c2ccccc2F)CC1. The van der Waals surface area contributed by atoms with E-state index in [0.29, 0.717) is 37.6 Å². The Morgan fingerprint density at radius 3 is 2.32 bits per heavy atom. The summed E-state index contributed by atoms with van der Waals surface area (Å²) < 4.78 is 24.6. The number of hydrogen-bond donors (Lipinski definition) is 1. The summed E-state index contributed by atoms with van der Waals surface area (Å²) in [7, 11) is 1.30. The number of amides is 1. The Morgan fingerprint density at radius 2 is 1.68 bits per heavy atom. The molecule has 0 radical (unpaired) electrons. The molecule has 1 fully saturated rings. The van der Waals surface area contributed by atoms with Gasteiger partial charge in [0.05, 0.1) is 19.3 Å². The lowest BCUT2D eigenvalue weighted by Gasteiger charge is -2.37. The van der Waals surface area contributed by atoms with Gasteiger partial charge in [0.1, 0.15) is 23.7 Å². The summed E-state index contributed by atoms with van der Waals surface area (Å²) in [5.74, 6) is -0.296. The smallest absolute Gasteiger partial charge is 0.329 e. The molecule has 2 aromatic carbocycles. The van der Waals surface area contributed by atoms with Crippen LogP contribution in [-0.2, 0) is 14.3 Å². The number of rotatable bonds is 8. The van der Waals surface area contributed by atoms with Crippen molar-refractivity contribution in [2.75, 3.05) is 51.3 Å². The Hall–Kier alpha value is -3.13. The first-order valence-electron chi connectivity index (χ1n) is 10.2. The molecule has 0 bridgehead atoms. The summed E-state index contributed by atoms with van der Waals surface area (Å²) in [5.41, 5.74) is -0.640. The number of nitrogens with zero attached hydrogens (tertiary/aromatic N) is 2. The Morgan fingerprint density at radius 1 is 1.03 bits per heavy atom. The number of halogens is 1. The number of esters is 1. The van der Waals surface area contributed by atoms with E-state index in [1.165, 1.54) is 13.2 Å². The lowest BCUT2D eigenvalue weighted by molar-refractivity contribution is -0.149. The van der Waals surface area contributed by atoms with Crippen LogP contribution in [-0.4, -0.2) is 68.8 Å². The molecule has 1 aliphatic rings. The van der Waals surface area contributed by atoms with Crippen molar-refractivity contribution >= 4 is 17.6 Å². The molecular weight excluding hydrogens is 401 g/mol. The summed E-state index contributed by atoms with van der Waals surface area (Å²) >= 11 is 0. The third kappa shape index (κ3) is 5.73. The van der Waals surface area contributed by atoms with Gasteiger partial charge in [-0.3, -0.25) is 10.1 Å². The van der Waals surface area contributed by atoms with E-state index < -0.39 is 11.5 Å². The number of carbonyl (C=O) groups is 2. The van der Waals surface area contributed by atoms with E-state index in [1.54, 1.807) is 42.2 Å². The molecule has 166 valence electrons. The van der Waals surface area contributed by atoms with E-state index in [0.717, 1.165) is 0 Å². The van der Waals surface area contributed by atoms with Crippen molar-refractivity contribution in [3.63, 3.8) is 0 Å². The molecule has 8 heteroatoms. The van der Waals surface area contributed by atoms with Gasteiger partial charge in [-0.1, -0.05) is 30.3 Å². The number of hydrogen-bond acceptors (Lipinski definition) is 6. The maximum atomic E-state index is 14.0. The number of piperazine rings is 1. The van der Waals surface area contributed by atoms with E-state index in [-0.39, 0.29) is 24.9 Å². The molecule has 1 atom stereocenters. The highest BCUT2D eigenvalue weighted by Gasteiger charge is 2.36. The fraction of sp³-hybridized carbons (Fsp3) is 0.391. The number of nitrogens with one attached hydrogen (secondary N) is 1. The van der Waals surface area contributed by atoms with Crippen LogP contribution in [0.1, 0.15) is 6.92 Å². The predicted molar refractivity (Wildman–Crippen MR) is 116 cm³/mol. The molecule has 1 unspecified atom stereocenters. The third-order valence-corrected chi connectivity index (χ3v) is 5.36. The molecule has 0 saturated carbocycles. The number of benzene rings is 2. The third-order valence-electron chi connectivity index (χ3n) is 5.36. The lowest BCUT2D eigenvalue weighted by atomic mass is 10.0. The Labute approximate surface area is 181 Å². The van der Waals surface area contributed by atoms with Crippen LogP contribution in [0.2, 0.25) is 0 Å². The first-order valence-corrected chi connectivity index (χ1v) is 10.2. The van der Waals surface area contributed by atoms with Gasteiger partial charge in [-0.2, -0.15) is 0 Å². The molecular formula is C23H28FN3O4. The van der Waals surface area contributed by atoms with Crippen LogP contribution in [0.25, 0.3) is 0 Å². The Balaban J connectivity index is 1.53. The second kappa shape index (κ2) is 10.3. The maximum absolute atomic E-state index is 14.0. The predicted octanol–water partition coefficient (Wildman–Crippen LogP) is 2.07. The standard InChI is InChI=1S/C23H28FN3O4/c1-23(22(29)30-2,17-31-18-8-4-3-5-9-18)25-16-21(28)27-14-12-26(13-15-27)20-11-7-6-10-19(20)24/h3-11,25H,12-17H2,1-2H3. The van der Waals surface area contributed by atoms with Crippen LogP contribution in [0.5, 0.6) is 5.75 Å². The number of methoxy groups -OCH3 is 1. The van der Waals surface area contributed by atoms with Gasteiger partial charge in [-0.25, -0.2) is 9.18 Å². The number of para-hydroxylation sites is 2. The molecule has 1 N–H and O–H groups in total. The zero-order valence-electron chi connectivity index (χ0n) is 17.8. The Kier molecular flexibility index (Phi) is 7.46. The number of anilines is 1. The summed E-state index contributed by atoms with van der Waals surface area (Å²) in [6.07, 6.45) is 0. The topological polar surface area (TPSA) is 71.1 Å². The van der Waals surface area contributed by atoms with Gasteiger partial charge in [0.2, 0.25) is 5.91 Å². The summed E-state index contributed by atoms with van der Waals surface area (Å²) in [6.45, 7) is 3.65. The van der Waals surface area contributed by atoms with Gasteiger partial charge in [0, 0.05) is 26.2 Å². The molecule has 1 heterocycles. The fourth-order valence-electron chi connectivity index (χ4n) is 3.44. The van der Waals surface area contributed by atoms with Crippen molar-refractivity contribution in [3.05, 3.63) is 60.4 Å². The number of carbonyl (C=O) groups excluding carboxylic acids is 2. The van der Waals surface area contributed by atoms with Crippen LogP contribution in [0, 0.1) is 5.82 Å². The van der Waals surface area contributed by atoms with Crippen molar-refractivity contribution in [1.29, 1.82) is 0 Å². The van der Waals surface area contributed by atoms with Crippen LogP contribution in [0.3, 0.4) is 0 Å². The molecule has 1 aliphatic heterocycles.